The lowest BCUT2D eigenvalue weighted by Gasteiger charge is -2.23. The van der Waals surface area contributed by atoms with Crippen molar-refractivity contribution in [2.75, 3.05) is 5.32 Å². The predicted octanol–water partition coefficient (Wildman–Crippen LogP) is 5.07. The molecule has 0 saturated heterocycles. The van der Waals surface area contributed by atoms with Gasteiger partial charge in [-0.05, 0) is 95.4 Å². The van der Waals surface area contributed by atoms with Crippen LogP contribution in [0.2, 0.25) is 10.0 Å². The molecular weight excluding hydrogens is 612 g/mol. The summed E-state index contributed by atoms with van der Waals surface area (Å²) >= 11 is 13.7. The van der Waals surface area contributed by atoms with Crippen molar-refractivity contribution in [1.82, 2.24) is 0 Å². The van der Waals surface area contributed by atoms with E-state index in [-0.39, 0.29) is 11.1 Å². The molecule has 0 aliphatic rings. The Morgan fingerprint density at radius 1 is 0.714 bits per heavy atom. The summed E-state index contributed by atoms with van der Waals surface area (Å²) in [4.78, 5) is 50.3. The van der Waals surface area contributed by atoms with Crippen LogP contribution in [0.25, 0.3) is 0 Å². The number of nitrogens with one attached hydrogen (secondary N) is 1. The van der Waals surface area contributed by atoms with E-state index < -0.39 is 36.0 Å². The first-order valence-corrected chi connectivity index (χ1v) is 11.7. The summed E-state index contributed by atoms with van der Waals surface area (Å²) in [6.45, 7) is 0. The third-order valence-electron chi connectivity index (χ3n) is 4.52. The molecular formula is C24H16Cl2INO7. The molecule has 3 aromatic rings. The Bertz CT molecular complexity index is 1230. The fraction of sp³-hybridized carbons (Fsp3) is 0.0833. The van der Waals surface area contributed by atoms with Crippen LogP contribution in [0.15, 0.2) is 72.8 Å². The zero-order chi connectivity index (χ0) is 25.5. The molecule has 0 fully saturated rings. The summed E-state index contributed by atoms with van der Waals surface area (Å²) in [6.07, 6.45) is -4.18. The van der Waals surface area contributed by atoms with Crippen molar-refractivity contribution in [3.05, 3.63) is 97.5 Å². The van der Waals surface area contributed by atoms with Gasteiger partial charge in [-0.15, -0.1) is 0 Å². The topological polar surface area (TPSA) is 119 Å². The first-order valence-electron chi connectivity index (χ1n) is 9.86. The second kappa shape index (κ2) is 12.0. The molecule has 0 heterocycles. The Kier molecular flexibility index (Phi) is 9.07. The van der Waals surface area contributed by atoms with Crippen molar-refractivity contribution >= 4 is 75.3 Å². The van der Waals surface area contributed by atoms with Crippen LogP contribution in [0, 0.1) is 3.57 Å². The van der Waals surface area contributed by atoms with Gasteiger partial charge >= 0.3 is 17.9 Å². The van der Waals surface area contributed by atoms with Crippen LogP contribution in [0.4, 0.5) is 5.69 Å². The predicted molar refractivity (Wildman–Crippen MR) is 137 cm³/mol. The molecule has 0 radical (unpaired) electrons. The number of aliphatic carboxylic acids is 1. The van der Waals surface area contributed by atoms with E-state index in [0.717, 1.165) is 3.57 Å². The van der Waals surface area contributed by atoms with Gasteiger partial charge in [-0.3, -0.25) is 4.79 Å². The average molecular weight is 628 g/mol. The molecule has 2 N–H and O–H groups in total. The van der Waals surface area contributed by atoms with Crippen LogP contribution in [-0.4, -0.2) is 41.1 Å². The van der Waals surface area contributed by atoms with Crippen LogP contribution in [-0.2, 0) is 19.1 Å². The summed E-state index contributed by atoms with van der Waals surface area (Å²) in [5, 5.41) is 13.0. The average Bonchev–Trinajstić information content (AvgIpc) is 2.83. The fourth-order valence-electron chi connectivity index (χ4n) is 2.78. The van der Waals surface area contributed by atoms with Crippen molar-refractivity contribution in [2.45, 2.75) is 12.2 Å². The van der Waals surface area contributed by atoms with Crippen LogP contribution in [0.1, 0.15) is 20.7 Å². The van der Waals surface area contributed by atoms with Crippen molar-refractivity contribution in [2.24, 2.45) is 0 Å². The highest BCUT2D eigenvalue weighted by molar-refractivity contribution is 14.1. The van der Waals surface area contributed by atoms with Gasteiger partial charge in [-0.2, -0.15) is 0 Å². The van der Waals surface area contributed by atoms with E-state index in [0.29, 0.717) is 15.7 Å². The number of esters is 2. The maximum absolute atomic E-state index is 13.0. The molecule has 0 aliphatic carbocycles. The molecule has 0 saturated carbocycles. The number of carbonyl (C=O) groups excluding carboxylic acids is 3. The van der Waals surface area contributed by atoms with Crippen molar-refractivity contribution in [3.63, 3.8) is 0 Å². The maximum Gasteiger partial charge on any atom is 0.349 e. The SMILES string of the molecule is O=C(O[C@H](C(=O)O)[C@@H](OC(=O)c1ccc(Cl)cc1)C(=O)Nc1ccc(I)cc1)c1ccc(Cl)cc1. The second-order valence-corrected chi connectivity index (χ2v) is 9.12. The van der Waals surface area contributed by atoms with E-state index in [2.05, 4.69) is 27.9 Å². The third-order valence-corrected chi connectivity index (χ3v) is 5.74. The fourth-order valence-corrected chi connectivity index (χ4v) is 3.39. The molecule has 11 heteroatoms. The number of carbonyl (C=O) groups is 4. The van der Waals surface area contributed by atoms with Gasteiger partial charge in [0, 0.05) is 19.3 Å². The number of amides is 1. The normalized spacial score (nSPS) is 12.2. The summed E-state index contributed by atoms with van der Waals surface area (Å²) < 4.78 is 11.2. The zero-order valence-electron chi connectivity index (χ0n) is 17.6. The number of carboxylic acid groups (broad SMARTS) is 1. The summed E-state index contributed by atoms with van der Waals surface area (Å²) in [6, 6.07) is 17.6. The molecule has 3 rings (SSSR count). The Labute approximate surface area is 223 Å². The smallest absolute Gasteiger partial charge is 0.349 e. The summed E-state index contributed by atoms with van der Waals surface area (Å²) in [7, 11) is 0. The van der Waals surface area contributed by atoms with Crippen molar-refractivity contribution < 1.29 is 33.8 Å². The monoisotopic (exact) mass is 627 g/mol. The number of rotatable bonds is 8. The minimum absolute atomic E-state index is 0.00892. The lowest BCUT2D eigenvalue weighted by Crippen LogP contribution is -2.48. The first-order chi connectivity index (χ1) is 16.6. The van der Waals surface area contributed by atoms with Crippen molar-refractivity contribution in [1.29, 1.82) is 0 Å². The van der Waals surface area contributed by atoms with Gasteiger partial charge in [0.1, 0.15) is 0 Å². The van der Waals surface area contributed by atoms with Gasteiger partial charge in [0.15, 0.2) is 0 Å². The minimum Gasteiger partial charge on any atom is -0.478 e. The number of ether oxygens (including phenoxy) is 2. The maximum atomic E-state index is 13.0. The van der Waals surface area contributed by atoms with Gasteiger partial charge in [0.25, 0.3) is 5.91 Å². The first kappa shape index (κ1) is 26.5. The lowest BCUT2D eigenvalue weighted by molar-refractivity contribution is -0.157. The molecule has 8 nitrogen and oxygen atoms in total. The van der Waals surface area contributed by atoms with E-state index in [1.165, 1.54) is 48.5 Å². The van der Waals surface area contributed by atoms with Crippen LogP contribution < -0.4 is 5.32 Å². The molecule has 0 aromatic heterocycles. The Morgan fingerprint density at radius 3 is 1.57 bits per heavy atom. The molecule has 0 unspecified atom stereocenters. The van der Waals surface area contributed by atoms with Crippen LogP contribution in [0.3, 0.4) is 0 Å². The van der Waals surface area contributed by atoms with Gasteiger partial charge < -0.3 is 19.9 Å². The van der Waals surface area contributed by atoms with E-state index >= 15 is 0 Å². The molecule has 0 bridgehead atoms. The molecule has 0 aliphatic heterocycles. The Hall–Kier alpha value is -3.15. The van der Waals surface area contributed by atoms with Gasteiger partial charge in [-0.1, -0.05) is 23.2 Å². The van der Waals surface area contributed by atoms with Crippen molar-refractivity contribution in [3.8, 4) is 0 Å². The molecule has 180 valence electrons. The molecule has 0 spiro atoms. The van der Waals surface area contributed by atoms with E-state index in [4.69, 9.17) is 32.7 Å². The van der Waals surface area contributed by atoms with Crippen LogP contribution in [0.5, 0.6) is 0 Å². The standard InChI is InChI=1S/C24H16Cl2INO7/c25-15-5-1-13(2-6-15)23(32)34-19(21(29)28-18-11-9-17(27)10-12-18)20(22(30)31)35-24(33)14-3-7-16(26)8-4-14/h1-12,19-20H,(H,28,29)(H,30,31)/t19-,20+/m1/s1. The summed E-state index contributed by atoms with van der Waals surface area (Å²) in [5.74, 6) is -4.77. The summed E-state index contributed by atoms with van der Waals surface area (Å²) in [5.41, 5.74) is 0.312. The van der Waals surface area contributed by atoms with Gasteiger partial charge in [0.2, 0.25) is 12.2 Å². The minimum atomic E-state index is -2.15. The van der Waals surface area contributed by atoms with E-state index in [1.807, 2.05) is 0 Å². The number of halogens is 3. The quantitative estimate of drug-likeness (QED) is 0.264. The molecule has 1 amide bonds. The van der Waals surface area contributed by atoms with Crippen LogP contribution >= 0.6 is 45.8 Å². The highest BCUT2D eigenvalue weighted by Crippen LogP contribution is 2.18. The molecule has 35 heavy (non-hydrogen) atoms. The van der Waals surface area contributed by atoms with E-state index in [1.54, 1.807) is 24.3 Å². The third kappa shape index (κ3) is 7.41. The highest BCUT2D eigenvalue weighted by atomic mass is 127. The number of carboxylic acids is 1. The Morgan fingerprint density at radius 2 is 1.14 bits per heavy atom. The molecule has 3 aromatic carbocycles. The second-order valence-electron chi connectivity index (χ2n) is 7.00. The van der Waals surface area contributed by atoms with Gasteiger partial charge in [-0.25, -0.2) is 14.4 Å². The molecule has 2 atom stereocenters. The van der Waals surface area contributed by atoms with E-state index in [9.17, 15) is 24.3 Å². The zero-order valence-corrected chi connectivity index (χ0v) is 21.3. The highest BCUT2D eigenvalue weighted by Gasteiger charge is 2.41. The lowest BCUT2D eigenvalue weighted by atomic mass is 10.1. The van der Waals surface area contributed by atoms with Gasteiger partial charge in [0.05, 0.1) is 11.1 Å². The number of hydrogen-bond acceptors (Lipinski definition) is 6. The number of benzene rings is 3. The largest absolute Gasteiger partial charge is 0.478 e. The Balaban J connectivity index is 1.90. The number of hydrogen-bond donors (Lipinski definition) is 2. The number of anilines is 1.